The van der Waals surface area contributed by atoms with Gasteiger partial charge in [0.05, 0.1) is 5.97 Å². The van der Waals surface area contributed by atoms with E-state index in [1.807, 2.05) is 0 Å². The maximum atomic E-state index is 10.3. The van der Waals surface area contributed by atoms with Crippen molar-refractivity contribution in [2.45, 2.75) is 12.1 Å². The first-order valence-corrected chi connectivity index (χ1v) is 3.24. The molecule has 4 nitrogen and oxygen atoms in total. The van der Waals surface area contributed by atoms with E-state index >= 15 is 0 Å². The summed E-state index contributed by atoms with van der Waals surface area (Å²) in [4.78, 5) is 10.3. The zero-order valence-corrected chi connectivity index (χ0v) is 5.86. The molecule has 0 aromatic carbocycles. The smallest absolute Gasteiger partial charge is 0.142 e. The monoisotopic (exact) mass is 155 g/mol. The van der Waals surface area contributed by atoms with Gasteiger partial charge in [-0.3, -0.25) is 0 Å². The summed E-state index contributed by atoms with van der Waals surface area (Å²) in [7, 11) is 0. The van der Waals surface area contributed by atoms with Crippen molar-refractivity contribution >= 4 is 5.97 Å². The highest BCUT2D eigenvalue weighted by Gasteiger charge is 2.23. The molecular weight excluding hydrogens is 146 g/mol. The Morgan fingerprint density at radius 2 is 2.36 bits per heavy atom. The molecule has 0 radical (unpaired) electrons. The molecule has 0 fully saturated rings. The predicted molar refractivity (Wildman–Crippen MR) is 34.9 cm³/mol. The topological polar surface area (TPSA) is 88.0 Å². The molecule has 1 aliphatic rings. The summed E-state index contributed by atoms with van der Waals surface area (Å²) in [6.45, 7) is 0. The maximum absolute atomic E-state index is 10.3. The maximum Gasteiger partial charge on any atom is 0.142 e. The van der Waals surface area contributed by atoms with E-state index in [9.17, 15) is 9.90 Å². The number of carbonyl (C=O) groups is 1. The van der Waals surface area contributed by atoms with Crippen LogP contribution >= 0.6 is 0 Å². The number of quaternary nitrogens is 1. The van der Waals surface area contributed by atoms with E-state index in [-0.39, 0.29) is 5.57 Å². The molecular formula is C7H9NO3. The zero-order valence-electron chi connectivity index (χ0n) is 5.86. The summed E-state index contributed by atoms with van der Waals surface area (Å²) in [6, 6.07) is -0.620. The number of aliphatic hydroxyl groups excluding tert-OH is 1. The second kappa shape index (κ2) is 2.86. The van der Waals surface area contributed by atoms with Crippen LogP contribution in [0, 0.1) is 0 Å². The van der Waals surface area contributed by atoms with Crippen LogP contribution in [0.25, 0.3) is 0 Å². The van der Waals surface area contributed by atoms with Gasteiger partial charge in [-0.15, -0.1) is 0 Å². The first-order chi connectivity index (χ1) is 5.13. The largest absolute Gasteiger partial charge is 0.545 e. The van der Waals surface area contributed by atoms with Gasteiger partial charge in [-0.2, -0.15) is 0 Å². The molecule has 0 saturated heterocycles. The van der Waals surface area contributed by atoms with Gasteiger partial charge in [0, 0.05) is 5.57 Å². The fourth-order valence-electron chi connectivity index (χ4n) is 0.934. The first kappa shape index (κ1) is 7.97. The highest BCUT2D eigenvalue weighted by Crippen LogP contribution is 2.08. The average Bonchev–Trinajstić information content (AvgIpc) is 1.94. The Morgan fingerprint density at radius 1 is 1.73 bits per heavy atom. The molecule has 0 saturated carbocycles. The van der Waals surface area contributed by atoms with Crippen molar-refractivity contribution in [2.24, 2.45) is 0 Å². The molecule has 4 N–H and O–H groups in total. The third kappa shape index (κ3) is 1.47. The van der Waals surface area contributed by atoms with Gasteiger partial charge in [0.1, 0.15) is 12.1 Å². The Kier molecular flexibility index (Phi) is 2.07. The molecule has 0 spiro atoms. The summed E-state index contributed by atoms with van der Waals surface area (Å²) >= 11 is 0. The van der Waals surface area contributed by atoms with E-state index in [0.717, 1.165) is 0 Å². The van der Waals surface area contributed by atoms with Crippen LogP contribution in [-0.4, -0.2) is 23.2 Å². The molecule has 0 bridgehead atoms. The fourth-order valence-corrected chi connectivity index (χ4v) is 0.934. The van der Waals surface area contributed by atoms with Crippen molar-refractivity contribution in [1.29, 1.82) is 0 Å². The third-order valence-electron chi connectivity index (χ3n) is 1.63. The molecule has 1 rings (SSSR count). The van der Waals surface area contributed by atoms with E-state index in [4.69, 9.17) is 5.11 Å². The van der Waals surface area contributed by atoms with Crippen LogP contribution in [0.5, 0.6) is 0 Å². The van der Waals surface area contributed by atoms with Crippen molar-refractivity contribution in [2.75, 3.05) is 0 Å². The predicted octanol–water partition coefficient (Wildman–Crippen LogP) is -2.80. The van der Waals surface area contributed by atoms with Gasteiger partial charge in [-0.1, -0.05) is 12.2 Å². The first-order valence-electron chi connectivity index (χ1n) is 3.24. The van der Waals surface area contributed by atoms with Gasteiger partial charge in [0.25, 0.3) is 0 Å². The molecule has 0 heterocycles. The van der Waals surface area contributed by atoms with Crippen molar-refractivity contribution in [1.82, 2.24) is 0 Å². The molecule has 0 aromatic heterocycles. The van der Waals surface area contributed by atoms with Crippen molar-refractivity contribution < 1.29 is 20.7 Å². The normalized spacial score (nSPS) is 29.8. The van der Waals surface area contributed by atoms with Crippen molar-refractivity contribution in [3.8, 4) is 0 Å². The van der Waals surface area contributed by atoms with E-state index in [1.54, 1.807) is 0 Å². The van der Waals surface area contributed by atoms with E-state index < -0.39 is 18.1 Å². The SMILES string of the molecule is [NH3+][C@@H]1C(C(=O)[O-])=CC=C[C@@H]1O. The number of aliphatic hydroxyl groups is 1. The Bertz CT molecular complexity index is 232. The molecule has 11 heavy (non-hydrogen) atoms. The van der Waals surface area contributed by atoms with Gasteiger partial charge in [-0.05, 0) is 6.08 Å². The number of aliphatic carboxylic acids is 1. The van der Waals surface area contributed by atoms with Crippen LogP contribution in [0.1, 0.15) is 0 Å². The second-order valence-electron chi connectivity index (χ2n) is 2.39. The molecule has 4 heteroatoms. The van der Waals surface area contributed by atoms with Crippen LogP contribution in [0.15, 0.2) is 23.8 Å². The Balaban J connectivity index is 2.87. The molecule has 60 valence electrons. The van der Waals surface area contributed by atoms with Gasteiger partial charge < -0.3 is 20.7 Å². The fraction of sp³-hybridized carbons (Fsp3) is 0.286. The molecule has 0 amide bonds. The zero-order chi connectivity index (χ0) is 8.43. The minimum Gasteiger partial charge on any atom is -0.545 e. The van der Waals surface area contributed by atoms with Crippen LogP contribution in [0.4, 0.5) is 0 Å². The summed E-state index contributed by atoms with van der Waals surface area (Å²) in [5.41, 5.74) is 3.53. The van der Waals surface area contributed by atoms with Crippen molar-refractivity contribution in [3.63, 3.8) is 0 Å². The number of allylic oxidation sites excluding steroid dienone is 2. The third-order valence-corrected chi connectivity index (χ3v) is 1.63. The van der Waals surface area contributed by atoms with Gasteiger partial charge in [-0.25, -0.2) is 0 Å². The number of carbonyl (C=O) groups excluding carboxylic acids is 1. The lowest BCUT2D eigenvalue weighted by molar-refractivity contribution is -0.422. The summed E-state index contributed by atoms with van der Waals surface area (Å²) in [5.74, 6) is -1.27. The highest BCUT2D eigenvalue weighted by molar-refractivity contribution is 5.86. The summed E-state index contributed by atoms with van der Waals surface area (Å²) in [6.07, 6.45) is 3.55. The van der Waals surface area contributed by atoms with Crippen LogP contribution in [-0.2, 0) is 4.79 Å². The van der Waals surface area contributed by atoms with E-state index in [1.165, 1.54) is 18.2 Å². The Hall–Kier alpha value is -1.13. The van der Waals surface area contributed by atoms with Gasteiger partial charge in [0.2, 0.25) is 0 Å². The lowest BCUT2D eigenvalue weighted by Gasteiger charge is -2.19. The van der Waals surface area contributed by atoms with E-state index in [2.05, 4.69) is 5.73 Å². The summed E-state index contributed by atoms with van der Waals surface area (Å²) in [5, 5.41) is 19.5. The van der Waals surface area contributed by atoms with Gasteiger partial charge >= 0.3 is 0 Å². The van der Waals surface area contributed by atoms with Crippen LogP contribution in [0.3, 0.4) is 0 Å². The number of carboxylic acids is 1. The average molecular weight is 155 g/mol. The lowest BCUT2D eigenvalue weighted by Crippen LogP contribution is -2.68. The minimum absolute atomic E-state index is 0.0417. The Labute approximate surface area is 63.6 Å². The molecule has 1 aliphatic carbocycles. The Morgan fingerprint density at radius 3 is 2.82 bits per heavy atom. The van der Waals surface area contributed by atoms with Gasteiger partial charge in [0.15, 0.2) is 0 Å². The van der Waals surface area contributed by atoms with Crippen LogP contribution < -0.4 is 10.8 Å². The molecule has 0 aliphatic heterocycles. The number of hydrogen-bond acceptors (Lipinski definition) is 3. The molecule has 2 atom stereocenters. The molecule has 0 aromatic rings. The standard InChI is InChI=1S/C7H9NO3/c8-6-4(7(10)11)2-1-3-5(6)9/h1-3,5-6,9H,8H2,(H,10,11)/t5-,6+/m0/s1. The summed E-state index contributed by atoms with van der Waals surface area (Å²) < 4.78 is 0. The number of hydrogen-bond donors (Lipinski definition) is 2. The van der Waals surface area contributed by atoms with E-state index in [0.29, 0.717) is 0 Å². The number of rotatable bonds is 1. The van der Waals surface area contributed by atoms with Crippen LogP contribution in [0.2, 0.25) is 0 Å². The molecule has 0 unspecified atom stereocenters. The minimum atomic E-state index is -1.27. The van der Waals surface area contributed by atoms with Crippen molar-refractivity contribution in [3.05, 3.63) is 23.8 Å². The quantitative estimate of drug-likeness (QED) is 0.429. The lowest BCUT2D eigenvalue weighted by atomic mass is 9.97. The second-order valence-corrected chi connectivity index (χ2v) is 2.39. The highest BCUT2D eigenvalue weighted by atomic mass is 16.4. The number of carboxylic acid groups (broad SMARTS) is 1.